The van der Waals surface area contributed by atoms with Crippen LogP contribution in [0.5, 0.6) is 0 Å². The minimum absolute atomic E-state index is 0.0190. The largest absolute Gasteiger partial charge is 0.432 e. The Labute approximate surface area is 128 Å². The van der Waals surface area contributed by atoms with E-state index in [4.69, 9.17) is 10.2 Å². The van der Waals surface area contributed by atoms with Crippen molar-refractivity contribution in [2.24, 2.45) is 0 Å². The van der Waals surface area contributed by atoms with E-state index in [1.165, 1.54) is 0 Å². The number of carbonyl (C=O) groups excluding carboxylic acids is 1. The fraction of sp³-hybridized carbons (Fsp3) is 0.111. The molecule has 1 unspecified atom stereocenters. The number of oxazole rings is 1. The highest BCUT2D eigenvalue weighted by atomic mass is 16.4. The number of anilines is 1. The van der Waals surface area contributed by atoms with E-state index in [2.05, 4.69) is 4.98 Å². The first-order valence-electron chi connectivity index (χ1n) is 7.06. The average molecular weight is 292 g/mol. The second-order valence-electron chi connectivity index (χ2n) is 5.15. The summed E-state index contributed by atoms with van der Waals surface area (Å²) in [5.74, 6) is 0.0763. The minimum atomic E-state index is 0.0190. The van der Waals surface area contributed by atoms with Crippen LogP contribution >= 0.6 is 0 Å². The highest BCUT2D eigenvalue weighted by molar-refractivity contribution is 6.08. The molecule has 22 heavy (non-hydrogen) atoms. The molecule has 0 fully saturated rings. The van der Waals surface area contributed by atoms with Gasteiger partial charge in [-0.15, -0.1) is 0 Å². The summed E-state index contributed by atoms with van der Waals surface area (Å²) in [5, 5.41) is 0. The topological polar surface area (TPSA) is 69.1 Å². The van der Waals surface area contributed by atoms with Gasteiger partial charge in [-0.3, -0.25) is 4.79 Å². The van der Waals surface area contributed by atoms with E-state index >= 15 is 0 Å². The van der Waals surface area contributed by atoms with Crippen LogP contribution in [0.15, 0.2) is 65.3 Å². The summed E-state index contributed by atoms with van der Waals surface area (Å²) >= 11 is 0. The van der Waals surface area contributed by atoms with Gasteiger partial charge in [0.1, 0.15) is 6.26 Å². The third-order valence-corrected chi connectivity index (χ3v) is 3.69. The van der Waals surface area contributed by atoms with E-state index in [0.717, 1.165) is 11.3 Å². The van der Waals surface area contributed by atoms with Crippen LogP contribution in [0.4, 0.5) is 6.01 Å². The Morgan fingerprint density at radius 1 is 1.05 bits per heavy atom. The van der Waals surface area contributed by atoms with Crippen molar-refractivity contribution in [3.8, 4) is 0 Å². The summed E-state index contributed by atoms with van der Waals surface area (Å²) in [4.78, 5) is 16.5. The third-order valence-electron chi connectivity index (χ3n) is 3.69. The zero-order valence-electron chi connectivity index (χ0n) is 12.2. The Balaban J connectivity index is 1.82. The molecule has 1 heterocycles. The summed E-state index contributed by atoms with van der Waals surface area (Å²) in [6.07, 6.45) is 1.56. The maximum absolute atomic E-state index is 12.4. The number of ketones is 1. The van der Waals surface area contributed by atoms with E-state index in [9.17, 15) is 4.79 Å². The lowest BCUT2D eigenvalue weighted by Gasteiger charge is -2.09. The van der Waals surface area contributed by atoms with Crippen LogP contribution in [0.25, 0.3) is 0 Å². The summed E-state index contributed by atoms with van der Waals surface area (Å²) in [6, 6.07) is 17.0. The number of nitrogens with two attached hydrogens (primary N) is 1. The maximum atomic E-state index is 12.4. The Bertz CT molecular complexity index is 776. The molecule has 3 rings (SSSR count). The van der Waals surface area contributed by atoms with Crippen molar-refractivity contribution >= 4 is 11.8 Å². The average Bonchev–Trinajstić information content (AvgIpc) is 3.01. The lowest BCUT2D eigenvalue weighted by atomic mass is 9.95. The number of benzene rings is 2. The normalized spacial score (nSPS) is 12.0. The Morgan fingerprint density at radius 2 is 1.68 bits per heavy atom. The van der Waals surface area contributed by atoms with Crippen molar-refractivity contribution in [2.75, 3.05) is 5.73 Å². The van der Waals surface area contributed by atoms with Gasteiger partial charge in [-0.2, -0.15) is 4.98 Å². The number of nitrogen functional groups attached to an aromatic ring is 1. The number of carbonyl (C=O) groups is 1. The molecule has 0 aliphatic heterocycles. The van der Waals surface area contributed by atoms with Gasteiger partial charge in [0.05, 0.1) is 5.69 Å². The molecule has 4 nitrogen and oxygen atoms in total. The van der Waals surface area contributed by atoms with E-state index in [-0.39, 0.29) is 17.7 Å². The molecule has 110 valence electrons. The second kappa shape index (κ2) is 5.85. The van der Waals surface area contributed by atoms with Gasteiger partial charge in [-0.1, -0.05) is 61.5 Å². The van der Waals surface area contributed by atoms with Crippen molar-refractivity contribution in [1.82, 2.24) is 4.98 Å². The molecule has 0 spiro atoms. The van der Waals surface area contributed by atoms with Crippen LogP contribution in [0.1, 0.15) is 40.0 Å². The highest BCUT2D eigenvalue weighted by Gasteiger charge is 2.14. The highest BCUT2D eigenvalue weighted by Crippen LogP contribution is 2.24. The van der Waals surface area contributed by atoms with Crippen molar-refractivity contribution in [3.05, 3.63) is 83.2 Å². The Morgan fingerprint density at radius 3 is 2.27 bits per heavy atom. The number of aromatic nitrogens is 1. The first kappa shape index (κ1) is 14.1. The zero-order chi connectivity index (χ0) is 15.5. The van der Waals surface area contributed by atoms with Gasteiger partial charge in [-0.25, -0.2) is 0 Å². The van der Waals surface area contributed by atoms with Crippen molar-refractivity contribution in [2.45, 2.75) is 12.8 Å². The van der Waals surface area contributed by atoms with Gasteiger partial charge in [-0.05, 0) is 5.56 Å². The molecule has 4 heteroatoms. The molecule has 1 aromatic heterocycles. The van der Waals surface area contributed by atoms with Crippen LogP contribution in [0.2, 0.25) is 0 Å². The summed E-state index contributed by atoms with van der Waals surface area (Å²) < 4.78 is 5.04. The van der Waals surface area contributed by atoms with Crippen LogP contribution in [0.3, 0.4) is 0 Å². The molecule has 0 saturated carbocycles. The monoisotopic (exact) mass is 292 g/mol. The van der Waals surface area contributed by atoms with E-state index in [1.54, 1.807) is 6.26 Å². The van der Waals surface area contributed by atoms with Crippen molar-refractivity contribution in [1.29, 1.82) is 0 Å². The molecule has 0 aliphatic carbocycles. The molecule has 2 N–H and O–H groups in total. The molecule has 0 bridgehead atoms. The quantitative estimate of drug-likeness (QED) is 0.745. The maximum Gasteiger partial charge on any atom is 0.292 e. The molecular formula is C18H16N2O2. The summed E-state index contributed by atoms with van der Waals surface area (Å²) in [6.45, 7) is 2.02. The van der Waals surface area contributed by atoms with E-state index in [1.807, 2.05) is 61.5 Å². The smallest absolute Gasteiger partial charge is 0.292 e. The second-order valence-corrected chi connectivity index (χ2v) is 5.15. The molecule has 0 amide bonds. The van der Waals surface area contributed by atoms with Gasteiger partial charge in [0, 0.05) is 17.0 Å². The van der Waals surface area contributed by atoms with Gasteiger partial charge < -0.3 is 10.2 Å². The first-order chi connectivity index (χ1) is 10.6. The number of rotatable bonds is 4. The van der Waals surface area contributed by atoms with Gasteiger partial charge in [0.15, 0.2) is 5.78 Å². The minimum Gasteiger partial charge on any atom is -0.432 e. The van der Waals surface area contributed by atoms with Crippen molar-refractivity contribution < 1.29 is 9.21 Å². The van der Waals surface area contributed by atoms with E-state index in [0.29, 0.717) is 11.1 Å². The molecule has 0 radical (unpaired) electrons. The molecular weight excluding hydrogens is 276 g/mol. The molecule has 0 saturated heterocycles. The van der Waals surface area contributed by atoms with Crippen LogP contribution in [-0.2, 0) is 0 Å². The molecule has 3 aromatic rings. The van der Waals surface area contributed by atoms with E-state index < -0.39 is 0 Å². The fourth-order valence-corrected chi connectivity index (χ4v) is 2.35. The lowest BCUT2D eigenvalue weighted by molar-refractivity contribution is 0.103. The molecule has 0 aliphatic rings. The number of hydrogen-bond acceptors (Lipinski definition) is 4. The fourth-order valence-electron chi connectivity index (χ4n) is 2.35. The number of hydrogen-bond donors (Lipinski definition) is 1. The van der Waals surface area contributed by atoms with Gasteiger partial charge in [0.2, 0.25) is 0 Å². The Hall–Kier alpha value is -2.88. The lowest BCUT2D eigenvalue weighted by Crippen LogP contribution is -2.02. The summed E-state index contributed by atoms with van der Waals surface area (Å²) in [5.41, 5.74) is 8.69. The summed E-state index contributed by atoms with van der Waals surface area (Å²) in [7, 11) is 0. The van der Waals surface area contributed by atoms with Crippen LogP contribution < -0.4 is 5.73 Å². The van der Waals surface area contributed by atoms with Crippen LogP contribution in [-0.4, -0.2) is 10.8 Å². The standard InChI is InChI=1S/C18H16N2O2/c1-12(16-11-22-18(19)20-16)13-7-9-15(10-8-13)17(21)14-5-3-2-4-6-14/h2-12H,1H3,(H2,19,20). The van der Waals surface area contributed by atoms with Gasteiger partial charge >= 0.3 is 0 Å². The zero-order valence-corrected chi connectivity index (χ0v) is 12.2. The number of nitrogens with zero attached hydrogens (tertiary/aromatic N) is 1. The predicted molar refractivity (Wildman–Crippen MR) is 84.7 cm³/mol. The van der Waals surface area contributed by atoms with Crippen LogP contribution in [0, 0.1) is 0 Å². The molecule has 2 aromatic carbocycles. The predicted octanol–water partition coefficient (Wildman–Crippen LogP) is 3.64. The first-order valence-corrected chi connectivity index (χ1v) is 7.06. The van der Waals surface area contributed by atoms with Crippen molar-refractivity contribution in [3.63, 3.8) is 0 Å². The Kier molecular flexibility index (Phi) is 3.74. The third kappa shape index (κ3) is 2.76. The van der Waals surface area contributed by atoms with Gasteiger partial charge in [0.25, 0.3) is 6.01 Å². The molecule has 1 atom stereocenters. The SMILES string of the molecule is CC(c1ccc(C(=O)c2ccccc2)cc1)c1coc(N)n1.